The molecule has 1 unspecified atom stereocenters. The fourth-order valence-electron chi connectivity index (χ4n) is 2.40. The quantitative estimate of drug-likeness (QED) is 0.856. The van der Waals surface area contributed by atoms with Crippen molar-refractivity contribution in [1.82, 2.24) is 4.57 Å². The first kappa shape index (κ1) is 11.9. The third-order valence-electron chi connectivity index (χ3n) is 3.15. The molecule has 2 heteroatoms. The highest BCUT2D eigenvalue weighted by molar-refractivity contribution is 5.24. The summed E-state index contributed by atoms with van der Waals surface area (Å²) in [5, 5.41) is 0. The largest absolute Gasteiger partial charge is 0.344 e. The monoisotopic (exact) mass is 228 g/mol. The lowest BCUT2D eigenvalue weighted by molar-refractivity contribution is 0.539. The molecule has 0 aliphatic heterocycles. The van der Waals surface area contributed by atoms with Crippen LogP contribution in [0.2, 0.25) is 0 Å². The fourth-order valence-corrected chi connectivity index (χ4v) is 2.40. The molecule has 17 heavy (non-hydrogen) atoms. The molecule has 2 aromatic rings. The van der Waals surface area contributed by atoms with Crippen molar-refractivity contribution in [3.8, 4) is 0 Å². The van der Waals surface area contributed by atoms with Gasteiger partial charge in [0.1, 0.15) is 0 Å². The summed E-state index contributed by atoms with van der Waals surface area (Å²) in [7, 11) is 0. The number of nitrogens with two attached hydrogens (primary N) is 1. The van der Waals surface area contributed by atoms with Crippen LogP contribution in [0.5, 0.6) is 0 Å². The summed E-state index contributed by atoms with van der Waals surface area (Å²) in [6.07, 6.45) is 3.18. The molecule has 0 amide bonds. The second-order valence-electron chi connectivity index (χ2n) is 4.57. The van der Waals surface area contributed by atoms with Crippen molar-refractivity contribution in [3.63, 3.8) is 0 Å². The maximum Gasteiger partial charge on any atom is 0.0594 e. The van der Waals surface area contributed by atoms with Crippen molar-refractivity contribution < 1.29 is 0 Å². The van der Waals surface area contributed by atoms with Crippen LogP contribution in [0.4, 0.5) is 0 Å². The van der Waals surface area contributed by atoms with Gasteiger partial charge in [0.25, 0.3) is 0 Å². The first-order valence-corrected chi connectivity index (χ1v) is 6.12. The normalized spacial score (nSPS) is 12.6. The number of nitrogens with zero attached hydrogens (tertiary/aromatic N) is 1. The van der Waals surface area contributed by atoms with E-state index in [1.54, 1.807) is 0 Å². The van der Waals surface area contributed by atoms with Gasteiger partial charge < -0.3 is 10.3 Å². The van der Waals surface area contributed by atoms with E-state index in [0.717, 1.165) is 6.42 Å². The van der Waals surface area contributed by atoms with Crippen LogP contribution in [0.3, 0.4) is 0 Å². The van der Waals surface area contributed by atoms with E-state index in [2.05, 4.69) is 61.0 Å². The molecule has 1 aromatic carbocycles. The van der Waals surface area contributed by atoms with Crippen LogP contribution in [0, 0.1) is 13.8 Å². The number of rotatable bonds is 4. The highest BCUT2D eigenvalue weighted by Gasteiger charge is 2.14. The predicted molar refractivity (Wildman–Crippen MR) is 72.2 cm³/mol. The van der Waals surface area contributed by atoms with Gasteiger partial charge in [-0.1, -0.05) is 30.3 Å². The molecule has 0 aliphatic carbocycles. The second-order valence-corrected chi connectivity index (χ2v) is 4.57. The van der Waals surface area contributed by atoms with Crippen LogP contribution in [-0.2, 0) is 0 Å². The maximum atomic E-state index is 5.75. The van der Waals surface area contributed by atoms with E-state index in [1.165, 1.54) is 16.8 Å². The zero-order valence-corrected chi connectivity index (χ0v) is 10.6. The van der Waals surface area contributed by atoms with Crippen LogP contribution in [-0.4, -0.2) is 11.1 Å². The van der Waals surface area contributed by atoms with Gasteiger partial charge in [-0.05, 0) is 44.0 Å². The first-order valence-electron chi connectivity index (χ1n) is 6.12. The summed E-state index contributed by atoms with van der Waals surface area (Å²) in [4.78, 5) is 0. The van der Waals surface area contributed by atoms with Crippen molar-refractivity contribution in [2.75, 3.05) is 6.54 Å². The Bertz CT molecular complexity index is 471. The average Bonchev–Trinajstić information content (AvgIpc) is 2.66. The Balaban J connectivity index is 2.39. The van der Waals surface area contributed by atoms with Crippen LogP contribution in [0.1, 0.15) is 29.3 Å². The smallest absolute Gasteiger partial charge is 0.0594 e. The molecule has 2 rings (SSSR count). The third-order valence-corrected chi connectivity index (χ3v) is 3.15. The molecule has 0 bridgehead atoms. The second kappa shape index (κ2) is 5.19. The van der Waals surface area contributed by atoms with E-state index in [9.17, 15) is 0 Å². The Morgan fingerprint density at radius 1 is 1.18 bits per heavy atom. The molecular weight excluding hydrogens is 208 g/mol. The van der Waals surface area contributed by atoms with Gasteiger partial charge in [-0.3, -0.25) is 0 Å². The Kier molecular flexibility index (Phi) is 3.64. The van der Waals surface area contributed by atoms with Gasteiger partial charge in [-0.25, -0.2) is 0 Å². The van der Waals surface area contributed by atoms with E-state index in [4.69, 9.17) is 5.73 Å². The number of hydrogen-bond donors (Lipinski definition) is 1. The molecule has 0 saturated heterocycles. The lowest BCUT2D eigenvalue weighted by Crippen LogP contribution is -2.15. The Morgan fingerprint density at radius 2 is 1.88 bits per heavy atom. The van der Waals surface area contributed by atoms with E-state index >= 15 is 0 Å². The summed E-state index contributed by atoms with van der Waals surface area (Å²) in [5.74, 6) is 0. The summed E-state index contributed by atoms with van der Waals surface area (Å²) >= 11 is 0. The fraction of sp³-hybridized carbons (Fsp3) is 0.333. The van der Waals surface area contributed by atoms with Crippen molar-refractivity contribution in [1.29, 1.82) is 0 Å². The lowest BCUT2D eigenvalue weighted by Gasteiger charge is -2.20. The molecule has 1 heterocycles. The Hall–Kier alpha value is -1.54. The molecule has 1 aromatic heterocycles. The molecular formula is C15H20N2. The molecule has 2 nitrogen and oxygen atoms in total. The standard InChI is InChI=1S/C15H20N2/c1-12-10-13(2)17(11-12)15(8-9-16)14-6-4-3-5-7-14/h3-7,10-11,15H,8-9,16H2,1-2H3. The van der Waals surface area contributed by atoms with Crippen LogP contribution in [0.15, 0.2) is 42.6 Å². The van der Waals surface area contributed by atoms with Crippen molar-refractivity contribution in [2.45, 2.75) is 26.3 Å². The minimum atomic E-state index is 0.356. The number of benzene rings is 1. The third kappa shape index (κ3) is 2.59. The molecule has 2 N–H and O–H groups in total. The van der Waals surface area contributed by atoms with Gasteiger partial charge in [-0.15, -0.1) is 0 Å². The first-order chi connectivity index (χ1) is 8.22. The van der Waals surface area contributed by atoms with E-state index < -0.39 is 0 Å². The van der Waals surface area contributed by atoms with Crippen LogP contribution >= 0.6 is 0 Å². The number of hydrogen-bond acceptors (Lipinski definition) is 1. The predicted octanol–water partition coefficient (Wildman–Crippen LogP) is 3.04. The molecule has 90 valence electrons. The Morgan fingerprint density at radius 3 is 2.41 bits per heavy atom. The van der Waals surface area contributed by atoms with Crippen LogP contribution in [0.25, 0.3) is 0 Å². The minimum absolute atomic E-state index is 0.356. The topological polar surface area (TPSA) is 30.9 Å². The molecule has 0 aliphatic rings. The molecule has 0 radical (unpaired) electrons. The van der Waals surface area contributed by atoms with Gasteiger partial charge in [0, 0.05) is 11.9 Å². The van der Waals surface area contributed by atoms with Crippen molar-refractivity contribution >= 4 is 0 Å². The van der Waals surface area contributed by atoms with Gasteiger partial charge in [0.2, 0.25) is 0 Å². The highest BCUT2D eigenvalue weighted by Crippen LogP contribution is 2.24. The number of aromatic nitrogens is 1. The number of aryl methyl sites for hydroxylation is 2. The summed E-state index contributed by atoms with van der Waals surface area (Å²) in [6, 6.07) is 13.2. The minimum Gasteiger partial charge on any atom is -0.344 e. The van der Waals surface area contributed by atoms with Gasteiger partial charge in [-0.2, -0.15) is 0 Å². The zero-order valence-electron chi connectivity index (χ0n) is 10.6. The summed E-state index contributed by atoms with van der Waals surface area (Å²) in [6.45, 7) is 4.99. The van der Waals surface area contributed by atoms with Gasteiger partial charge in [0.05, 0.1) is 6.04 Å². The maximum absolute atomic E-state index is 5.75. The molecule has 0 spiro atoms. The molecule has 0 fully saturated rings. The Labute approximate surface area is 103 Å². The molecule has 1 atom stereocenters. The van der Waals surface area contributed by atoms with Gasteiger partial charge >= 0.3 is 0 Å². The SMILES string of the molecule is Cc1cc(C)n(C(CCN)c2ccccc2)c1. The van der Waals surface area contributed by atoms with E-state index in [1.807, 2.05) is 0 Å². The summed E-state index contributed by atoms with van der Waals surface area (Å²) in [5.41, 5.74) is 9.68. The van der Waals surface area contributed by atoms with Gasteiger partial charge in [0.15, 0.2) is 0 Å². The zero-order chi connectivity index (χ0) is 12.3. The average molecular weight is 228 g/mol. The van der Waals surface area contributed by atoms with Crippen molar-refractivity contribution in [3.05, 3.63) is 59.4 Å². The van der Waals surface area contributed by atoms with Crippen LogP contribution < -0.4 is 5.73 Å². The highest BCUT2D eigenvalue weighted by atomic mass is 15.0. The summed E-state index contributed by atoms with van der Waals surface area (Å²) < 4.78 is 2.33. The lowest BCUT2D eigenvalue weighted by atomic mass is 10.0. The van der Waals surface area contributed by atoms with E-state index in [-0.39, 0.29) is 0 Å². The van der Waals surface area contributed by atoms with Crippen molar-refractivity contribution in [2.24, 2.45) is 5.73 Å². The molecule has 0 saturated carbocycles. The van der Waals surface area contributed by atoms with E-state index in [0.29, 0.717) is 12.6 Å².